The highest BCUT2D eigenvalue weighted by molar-refractivity contribution is 5.40. The van der Waals surface area contributed by atoms with Gasteiger partial charge in [-0.25, -0.2) is 0 Å². The smallest absolute Gasteiger partial charge is 0.0421 e. The molecular weight excluding hydrogens is 254 g/mol. The highest BCUT2D eigenvalue weighted by atomic mass is 14.8. The van der Waals surface area contributed by atoms with Gasteiger partial charge in [-0.15, -0.1) is 0 Å². The summed E-state index contributed by atoms with van der Waals surface area (Å²) in [6.45, 7) is 0. The molecule has 108 valence electrons. The molecule has 0 aromatic heterocycles. The number of aryl methyl sites for hydroxylation is 2. The minimum Gasteiger partial charge on any atom is -0.321 e. The predicted molar refractivity (Wildman–Crippen MR) is 87.4 cm³/mol. The summed E-state index contributed by atoms with van der Waals surface area (Å²) in [7, 11) is 0. The largest absolute Gasteiger partial charge is 0.321 e. The van der Waals surface area contributed by atoms with E-state index in [1.165, 1.54) is 30.4 Å². The number of nitrogens with two attached hydrogens (primary N) is 1. The van der Waals surface area contributed by atoms with E-state index in [2.05, 4.69) is 48.5 Å². The van der Waals surface area contributed by atoms with Crippen LogP contribution in [0.3, 0.4) is 0 Å². The third-order valence-electron chi connectivity index (χ3n) is 5.50. The van der Waals surface area contributed by atoms with E-state index in [0.29, 0.717) is 5.92 Å². The maximum atomic E-state index is 6.86. The molecular formula is C20H23N. The molecule has 0 aliphatic heterocycles. The maximum Gasteiger partial charge on any atom is 0.0421 e. The van der Waals surface area contributed by atoms with Crippen molar-refractivity contribution < 1.29 is 0 Å². The Labute approximate surface area is 127 Å². The summed E-state index contributed by atoms with van der Waals surface area (Å²) < 4.78 is 0. The first-order valence-electron chi connectivity index (χ1n) is 8.21. The molecule has 0 spiro atoms. The molecule has 2 aromatic carbocycles. The van der Waals surface area contributed by atoms with Crippen LogP contribution in [0.5, 0.6) is 0 Å². The van der Waals surface area contributed by atoms with Crippen LogP contribution in [0.2, 0.25) is 0 Å². The van der Waals surface area contributed by atoms with Crippen molar-refractivity contribution in [3.63, 3.8) is 0 Å². The van der Waals surface area contributed by atoms with Crippen LogP contribution in [0.4, 0.5) is 0 Å². The molecule has 4 rings (SSSR count). The zero-order chi connectivity index (χ0) is 14.3. The summed E-state index contributed by atoms with van der Waals surface area (Å²) in [6, 6.07) is 17.8. The summed E-state index contributed by atoms with van der Waals surface area (Å²) in [5.74, 6) is 0.631. The molecule has 0 saturated heterocycles. The summed E-state index contributed by atoms with van der Waals surface area (Å²) in [4.78, 5) is 0. The van der Waals surface area contributed by atoms with Gasteiger partial charge in [0.2, 0.25) is 0 Å². The number of fused-ring (bicyclic) bond motifs is 2. The van der Waals surface area contributed by atoms with E-state index in [4.69, 9.17) is 5.73 Å². The molecule has 2 aliphatic rings. The zero-order valence-corrected chi connectivity index (χ0v) is 12.5. The predicted octanol–water partition coefficient (Wildman–Crippen LogP) is 4.30. The van der Waals surface area contributed by atoms with Crippen LogP contribution >= 0.6 is 0 Å². The normalized spacial score (nSPS) is 27.2. The minimum absolute atomic E-state index is 0.119. The fourth-order valence-electron chi connectivity index (χ4n) is 4.43. The van der Waals surface area contributed by atoms with Gasteiger partial charge in [0.25, 0.3) is 0 Å². The number of hydrogen-bond donors (Lipinski definition) is 1. The second kappa shape index (κ2) is 4.99. The molecule has 2 unspecified atom stereocenters. The van der Waals surface area contributed by atoms with Crippen molar-refractivity contribution in [1.82, 2.24) is 0 Å². The lowest BCUT2D eigenvalue weighted by Crippen LogP contribution is -2.36. The Morgan fingerprint density at radius 3 is 2.62 bits per heavy atom. The van der Waals surface area contributed by atoms with Crippen molar-refractivity contribution in [2.75, 3.05) is 0 Å². The van der Waals surface area contributed by atoms with Crippen molar-refractivity contribution in [1.29, 1.82) is 0 Å². The van der Waals surface area contributed by atoms with Gasteiger partial charge in [-0.05, 0) is 66.7 Å². The lowest BCUT2D eigenvalue weighted by Gasteiger charge is -2.34. The summed E-state index contributed by atoms with van der Waals surface area (Å²) in [5, 5.41) is 0. The first-order chi connectivity index (χ1) is 10.3. The Bertz CT molecular complexity index is 660. The quantitative estimate of drug-likeness (QED) is 0.870. The van der Waals surface area contributed by atoms with E-state index in [9.17, 15) is 0 Å². The highest BCUT2D eigenvalue weighted by Crippen LogP contribution is 2.44. The molecule has 21 heavy (non-hydrogen) atoms. The van der Waals surface area contributed by atoms with E-state index in [1.807, 2.05) is 0 Å². The van der Waals surface area contributed by atoms with E-state index >= 15 is 0 Å². The maximum absolute atomic E-state index is 6.86. The molecule has 2 atom stereocenters. The lowest BCUT2D eigenvalue weighted by molar-refractivity contribution is 0.347. The van der Waals surface area contributed by atoms with E-state index in [0.717, 1.165) is 19.3 Å². The Morgan fingerprint density at radius 1 is 0.952 bits per heavy atom. The Balaban J connectivity index is 1.66. The van der Waals surface area contributed by atoms with E-state index in [-0.39, 0.29) is 5.54 Å². The van der Waals surface area contributed by atoms with Crippen LogP contribution < -0.4 is 5.73 Å². The fraction of sp³-hybridized carbons (Fsp3) is 0.400. The second-order valence-electron chi connectivity index (χ2n) is 6.81. The van der Waals surface area contributed by atoms with Gasteiger partial charge in [0.05, 0.1) is 0 Å². The van der Waals surface area contributed by atoms with Gasteiger partial charge >= 0.3 is 0 Å². The number of benzene rings is 2. The van der Waals surface area contributed by atoms with Crippen LogP contribution in [0.15, 0.2) is 48.5 Å². The van der Waals surface area contributed by atoms with E-state index < -0.39 is 0 Å². The van der Waals surface area contributed by atoms with Crippen LogP contribution in [0.25, 0.3) is 0 Å². The Hall–Kier alpha value is -1.60. The van der Waals surface area contributed by atoms with Crippen molar-refractivity contribution in [2.24, 2.45) is 5.73 Å². The Morgan fingerprint density at radius 2 is 1.71 bits per heavy atom. The molecule has 1 nitrogen and oxygen atoms in total. The lowest BCUT2D eigenvalue weighted by atomic mass is 9.74. The Kier molecular flexibility index (Phi) is 3.11. The third kappa shape index (κ3) is 2.20. The monoisotopic (exact) mass is 277 g/mol. The SMILES string of the molecule is NC1(CC2CCCc3ccccc32)CCc2ccccc21. The molecule has 0 heterocycles. The van der Waals surface area contributed by atoms with E-state index in [1.54, 1.807) is 11.1 Å². The molecule has 2 aliphatic carbocycles. The summed E-state index contributed by atoms with van der Waals surface area (Å²) >= 11 is 0. The van der Waals surface area contributed by atoms with Crippen LogP contribution in [-0.4, -0.2) is 0 Å². The molecule has 0 fully saturated rings. The summed E-state index contributed by atoms with van der Waals surface area (Å²) in [6.07, 6.45) is 7.17. The first-order valence-corrected chi connectivity index (χ1v) is 8.21. The van der Waals surface area contributed by atoms with Crippen molar-refractivity contribution in [3.8, 4) is 0 Å². The zero-order valence-electron chi connectivity index (χ0n) is 12.5. The van der Waals surface area contributed by atoms with Gasteiger partial charge in [-0.2, -0.15) is 0 Å². The molecule has 2 N–H and O–H groups in total. The van der Waals surface area contributed by atoms with Crippen LogP contribution in [0.1, 0.15) is 53.9 Å². The minimum atomic E-state index is -0.119. The standard InChI is InChI=1S/C20H23N/c21-20(13-12-16-7-2-4-11-19(16)20)14-17-9-5-8-15-6-1-3-10-18(15)17/h1-4,6-7,10-11,17H,5,8-9,12-14,21H2. The van der Waals surface area contributed by atoms with Gasteiger partial charge < -0.3 is 5.73 Å². The fourth-order valence-corrected chi connectivity index (χ4v) is 4.43. The van der Waals surface area contributed by atoms with Crippen molar-refractivity contribution >= 4 is 0 Å². The van der Waals surface area contributed by atoms with Gasteiger partial charge in [-0.3, -0.25) is 0 Å². The van der Waals surface area contributed by atoms with Crippen molar-refractivity contribution in [2.45, 2.75) is 50.0 Å². The molecule has 2 aromatic rings. The van der Waals surface area contributed by atoms with Crippen molar-refractivity contribution in [3.05, 3.63) is 70.8 Å². The first kappa shape index (κ1) is 13.1. The topological polar surface area (TPSA) is 26.0 Å². The molecule has 1 heteroatoms. The molecule has 0 radical (unpaired) electrons. The highest BCUT2D eigenvalue weighted by Gasteiger charge is 2.37. The van der Waals surface area contributed by atoms with Gasteiger partial charge in [0, 0.05) is 5.54 Å². The van der Waals surface area contributed by atoms with Gasteiger partial charge in [0.15, 0.2) is 0 Å². The molecule has 0 bridgehead atoms. The molecule has 0 amide bonds. The average Bonchev–Trinajstić information content (AvgIpc) is 2.86. The third-order valence-corrected chi connectivity index (χ3v) is 5.50. The number of rotatable bonds is 2. The average molecular weight is 277 g/mol. The van der Waals surface area contributed by atoms with Gasteiger partial charge in [0.1, 0.15) is 0 Å². The molecule has 0 saturated carbocycles. The van der Waals surface area contributed by atoms with Crippen LogP contribution in [-0.2, 0) is 18.4 Å². The van der Waals surface area contributed by atoms with Gasteiger partial charge in [-0.1, -0.05) is 48.5 Å². The second-order valence-corrected chi connectivity index (χ2v) is 6.81. The number of hydrogen-bond acceptors (Lipinski definition) is 1. The van der Waals surface area contributed by atoms with Crippen LogP contribution in [0, 0.1) is 0 Å². The summed E-state index contributed by atoms with van der Waals surface area (Å²) in [5.41, 5.74) is 12.7.